The maximum absolute atomic E-state index is 12.6. The molecule has 0 spiro atoms. The molecule has 0 unspecified atom stereocenters. The molecule has 0 atom stereocenters. The predicted octanol–water partition coefficient (Wildman–Crippen LogP) is 2.83. The van der Waals surface area contributed by atoms with E-state index in [2.05, 4.69) is 15.2 Å². The summed E-state index contributed by atoms with van der Waals surface area (Å²) in [5, 5.41) is 5.95. The molecule has 0 radical (unpaired) electrons. The van der Waals surface area contributed by atoms with Crippen molar-refractivity contribution in [1.82, 2.24) is 9.88 Å². The second-order valence-corrected chi connectivity index (χ2v) is 6.93. The molecule has 0 aliphatic carbocycles. The van der Waals surface area contributed by atoms with Crippen LogP contribution in [0.5, 0.6) is 5.75 Å². The van der Waals surface area contributed by atoms with Crippen LogP contribution in [0.2, 0.25) is 0 Å². The molecule has 7 nitrogen and oxygen atoms in total. The Balaban J connectivity index is 1.58. The maximum Gasteiger partial charge on any atom is 0.322 e. The van der Waals surface area contributed by atoms with E-state index in [4.69, 9.17) is 9.47 Å². The van der Waals surface area contributed by atoms with Gasteiger partial charge in [0, 0.05) is 44.9 Å². The van der Waals surface area contributed by atoms with Gasteiger partial charge < -0.3 is 24.6 Å². The zero-order valence-electron chi connectivity index (χ0n) is 15.1. The lowest BCUT2D eigenvalue weighted by Gasteiger charge is -2.34. The molecule has 1 aromatic carbocycles. The monoisotopic (exact) mass is 376 g/mol. The number of nitrogens with one attached hydrogen (secondary N) is 1. The highest BCUT2D eigenvalue weighted by Gasteiger charge is 2.23. The van der Waals surface area contributed by atoms with E-state index in [1.54, 1.807) is 18.4 Å². The van der Waals surface area contributed by atoms with Crippen molar-refractivity contribution in [2.75, 3.05) is 56.7 Å². The first kappa shape index (κ1) is 18.5. The van der Waals surface area contributed by atoms with Crippen molar-refractivity contribution < 1.29 is 14.3 Å². The minimum absolute atomic E-state index is 0.107. The summed E-state index contributed by atoms with van der Waals surface area (Å²) < 4.78 is 10.8. The van der Waals surface area contributed by atoms with Gasteiger partial charge in [-0.05, 0) is 24.6 Å². The van der Waals surface area contributed by atoms with Crippen LogP contribution in [0.25, 0.3) is 0 Å². The molecule has 1 aliphatic heterocycles. The van der Waals surface area contributed by atoms with Crippen LogP contribution >= 0.6 is 11.3 Å². The highest BCUT2D eigenvalue weighted by molar-refractivity contribution is 7.13. The molecular weight excluding hydrogens is 352 g/mol. The van der Waals surface area contributed by atoms with Crippen LogP contribution in [0.4, 0.5) is 15.6 Å². The van der Waals surface area contributed by atoms with Crippen LogP contribution < -0.4 is 15.0 Å². The Hall–Kier alpha value is -2.32. The highest BCUT2D eigenvalue weighted by Crippen LogP contribution is 2.26. The number of nitrogens with zero attached hydrogens (tertiary/aromatic N) is 3. The van der Waals surface area contributed by atoms with Gasteiger partial charge in [0.05, 0.1) is 12.3 Å². The topological polar surface area (TPSA) is 66.9 Å². The zero-order valence-corrected chi connectivity index (χ0v) is 15.9. The summed E-state index contributed by atoms with van der Waals surface area (Å²) in [5.41, 5.74) is 1.76. The van der Waals surface area contributed by atoms with Crippen LogP contribution in [0, 0.1) is 6.92 Å². The van der Waals surface area contributed by atoms with Crippen molar-refractivity contribution >= 4 is 28.2 Å². The van der Waals surface area contributed by atoms with E-state index in [-0.39, 0.29) is 6.03 Å². The van der Waals surface area contributed by atoms with Crippen molar-refractivity contribution in [2.24, 2.45) is 0 Å². The van der Waals surface area contributed by atoms with E-state index in [1.807, 2.05) is 41.6 Å². The number of carbonyl (C=O) groups excluding carboxylic acids is 1. The Morgan fingerprint density at radius 3 is 2.77 bits per heavy atom. The number of urea groups is 1. The lowest BCUT2D eigenvalue weighted by Crippen LogP contribution is -2.50. The van der Waals surface area contributed by atoms with Crippen LogP contribution in [0.3, 0.4) is 0 Å². The Bertz CT molecular complexity index is 715. The first-order valence-electron chi connectivity index (χ1n) is 8.60. The highest BCUT2D eigenvalue weighted by atomic mass is 32.1. The normalized spacial score (nSPS) is 14.4. The summed E-state index contributed by atoms with van der Waals surface area (Å²) in [7, 11) is 1.63. The van der Waals surface area contributed by atoms with Gasteiger partial charge in [-0.1, -0.05) is 6.07 Å². The molecule has 0 bridgehead atoms. The van der Waals surface area contributed by atoms with Gasteiger partial charge >= 0.3 is 6.03 Å². The van der Waals surface area contributed by atoms with Gasteiger partial charge in [0.15, 0.2) is 5.13 Å². The maximum atomic E-state index is 12.6. The summed E-state index contributed by atoms with van der Waals surface area (Å²) in [4.78, 5) is 21.0. The van der Waals surface area contributed by atoms with Gasteiger partial charge in [-0.3, -0.25) is 0 Å². The first-order chi connectivity index (χ1) is 12.7. The lowest BCUT2D eigenvalue weighted by atomic mass is 10.2. The van der Waals surface area contributed by atoms with Crippen LogP contribution in [-0.2, 0) is 4.74 Å². The molecule has 1 aliphatic rings. The number of hydrogen-bond donors (Lipinski definition) is 1. The molecule has 3 rings (SSSR count). The Morgan fingerprint density at radius 2 is 2.08 bits per heavy atom. The second-order valence-electron chi connectivity index (χ2n) is 6.06. The van der Waals surface area contributed by atoms with Crippen molar-refractivity contribution in [3.63, 3.8) is 0 Å². The first-order valence-corrected chi connectivity index (χ1v) is 9.48. The quantitative estimate of drug-likeness (QED) is 0.786. The third-order valence-corrected chi connectivity index (χ3v) is 5.01. The molecule has 8 heteroatoms. The average Bonchev–Trinajstić information content (AvgIpc) is 3.19. The Morgan fingerprint density at radius 1 is 1.27 bits per heavy atom. The fourth-order valence-corrected chi connectivity index (χ4v) is 3.45. The number of benzene rings is 1. The number of anilines is 2. The lowest BCUT2D eigenvalue weighted by molar-refractivity contribution is 0.146. The number of ether oxygens (including phenoxy) is 2. The fourth-order valence-electron chi connectivity index (χ4n) is 2.75. The molecule has 1 aromatic heterocycles. The predicted molar refractivity (Wildman–Crippen MR) is 103 cm³/mol. The van der Waals surface area contributed by atoms with E-state index < -0.39 is 0 Å². The van der Waals surface area contributed by atoms with Gasteiger partial charge in [-0.2, -0.15) is 0 Å². The number of piperazine rings is 1. The summed E-state index contributed by atoms with van der Waals surface area (Å²) in [5.74, 6) is 0.664. The molecular formula is C18H24N4O3S. The smallest absolute Gasteiger partial charge is 0.322 e. The van der Waals surface area contributed by atoms with E-state index in [1.165, 1.54) is 0 Å². The number of hydrogen-bond acceptors (Lipinski definition) is 6. The molecule has 140 valence electrons. The SMILES string of the molecule is COCCOc1cc(C)ccc1NC(=O)N1CCN(c2nccs2)CC1. The second kappa shape index (κ2) is 8.86. The Kier molecular flexibility index (Phi) is 6.30. The van der Waals surface area contributed by atoms with Crippen molar-refractivity contribution in [3.8, 4) is 5.75 Å². The number of rotatable bonds is 6. The average molecular weight is 376 g/mol. The number of aryl methyl sites for hydroxylation is 1. The Labute approximate surface area is 157 Å². The van der Waals surface area contributed by atoms with Crippen molar-refractivity contribution in [3.05, 3.63) is 35.3 Å². The molecule has 1 fully saturated rings. The fraction of sp³-hybridized carbons (Fsp3) is 0.444. The van der Waals surface area contributed by atoms with Crippen molar-refractivity contribution in [1.29, 1.82) is 0 Å². The molecule has 1 saturated heterocycles. The van der Waals surface area contributed by atoms with Gasteiger partial charge in [0.2, 0.25) is 0 Å². The van der Waals surface area contributed by atoms with Crippen LogP contribution in [-0.4, -0.2) is 62.4 Å². The third kappa shape index (κ3) is 4.64. The number of aromatic nitrogens is 1. The van der Waals surface area contributed by atoms with E-state index >= 15 is 0 Å². The molecule has 2 aromatic rings. The van der Waals surface area contributed by atoms with Gasteiger partial charge in [0.25, 0.3) is 0 Å². The van der Waals surface area contributed by atoms with Gasteiger partial charge in [0.1, 0.15) is 12.4 Å². The number of amides is 2. The molecule has 1 N–H and O–H groups in total. The number of thiazole rings is 1. The minimum Gasteiger partial charge on any atom is -0.489 e. The minimum atomic E-state index is -0.107. The summed E-state index contributed by atoms with van der Waals surface area (Å²) in [6.45, 7) is 5.83. The van der Waals surface area contributed by atoms with Gasteiger partial charge in [-0.25, -0.2) is 9.78 Å². The molecule has 0 saturated carbocycles. The molecule has 26 heavy (non-hydrogen) atoms. The number of carbonyl (C=O) groups is 1. The summed E-state index contributed by atoms with van der Waals surface area (Å²) >= 11 is 1.62. The summed E-state index contributed by atoms with van der Waals surface area (Å²) in [6.07, 6.45) is 1.81. The van der Waals surface area contributed by atoms with E-state index in [9.17, 15) is 4.79 Å². The standard InChI is InChI=1S/C18H24N4O3S/c1-14-3-4-15(16(13-14)25-11-10-24-2)20-17(23)21-6-8-22(9-7-21)18-19-5-12-26-18/h3-5,12-13H,6-11H2,1-2H3,(H,20,23). The number of methoxy groups -OCH3 is 1. The van der Waals surface area contributed by atoms with Gasteiger partial charge in [-0.15, -0.1) is 11.3 Å². The largest absolute Gasteiger partial charge is 0.489 e. The molecule has 2 heterocycles. The van der Waals surface area contributed by atoms with Crippen LogP contribution in [0.1, 0.15) is 5.56 Å². The van der Waals surface area contributed by atoms with Crippen molar-refractivity contribution in [2.45, 2.75) is 6.92 Å². The summed E-state index contributed by atoms with van der Waals surface area (Å²) in [6, 6.07) is 5.65. The molecule has 2 amide bonds. The third-order valence-electron chi connectivity index (χ3n) is 4.18. The zero-order chi connectivity index (χ0) is 18.4. The van der Waals surface area contributed by atoms with Crippen LogP contribution in [0.15, 0.2) is 29.8 Å². The van der Waals surface area contributed by atoms with E-state index in [0.29, 0.717) is 37.7 Å². The van der Waals surface area contributed by atoms with E-state index in [0.717, 1.165) is 23.8 Å².